The van der Waals surface area contributed by atoms with E-state index in [0.717, 1.165) is 11.3 Å². The summed E-state index contributed by atoms with van der Waals surface area (Å²) in [4.78, 5) is 0.628. The summed E-state index contributed by atoms with van der Waals surface area (Å²) in [5, 5.41) is 0. The minimum atomic E-state index is -4.75. The molecule has 0 amide bonds. The predicted molar refractivity (Wildman–Crippen MR) is 86.5 cm³/mol. The molecule has 24 heavy (non-hydrogen) atoms. The number of sulfonamides is 1. The van der Waals surface area contributed by atoms with Crippen molar-refractivity contribution in [3.8, 4) is 16.2 Å². The lowest BCUT2D eigenvalue weighted by molar-refractivity contribution is -0.274. The topological polar surface area (TPSA) is 55.4 Å². The maximum Gasteiger partial charge on any atom is 0.573 e. The number of hydrogen-bond acceptors (Lipinski definition) is 4. The van der Waals surface area contributed by atoms with Crippen LogP contribution in [0.1, 0.15) is 20.8 Å². The van der Waals surface area contributed by atoms with E-state index in [1.807, 2.05) is 0 Å². The van der Waals surface area contributed by atoms with Crippen LogP contribution in [0.5, 0.6) is 5.75 Å². The summed E-state index contributed by atoms with van der Waals surface area (Å²) in [5.74, 6) is -0.329. The number of benzene rings is 1. The van der Waals surface area contributed by atoms with E-state index in [0.29, 0.717) is 10.4 Å². The molecule has 0 aliphatic carbocycles. The van der Waals surface area contributed by atoms with E-state index in [1.54, 1.807) is 26.8 Å². The summed E-state index contributed by atoms with van der Waals surface area (Å²) in [6.07, 6.45) is -4.75. The summed E-state index contributed by atoms with van der Waals surface area (Å²) in [5.41, 5.74) is -0.00808. The zero-order valence-corrected chi connectivity index (χ0v) is 14.8. The van der Waals surface area contributed by atoms with Gasteiger partial charge in [-0.3, -0.25) is 0 Å². The van der Waals surface area contributed by atoms with Crippen molar-refractivity contribution in [2.75, 3.05) is 0 Å². The fourth-order valence-corrected chi connectivity index (χ4v) is 4.62. The molecular formula is C15H16F3NO3S2. The van der Waals surface area contributed by atoms with Crippen molar-refractivity contribution < 1.29 is 26.3 Å². The molecule has 0 aliphatic heterocycles. The Labute approximate surface area is 142 Å². The van der Waals surface area contributed by atoms with Crippen molar-refractivity contribution in [3.63, 3.8) is 0 Å². The molecule has 0 saturated heterocycles. The molecule has 132 valence electrons. The largest absolute Gasteiger partial charge is 0.573 e. The van der Waals surface area contributed by atoms with Crippen LogP contribution in [0.25, 0.3) is 10.4 Å². The van der Waals surface area contributed by atoms with Gasteiger partial charge in [0.25, 0.3) is 10.0 Å². The maximum absolute atomic E-state index is 12.3. The first kappa shape index (κ1) is 18.8. The average molecular weight is 379 g/mol. The molecule has 1 heterocycles. The molecule has 0 radical (unpaired) electrons. The SMILES string of the molecule is CC(C)(C)NS(=O)(=O)c1ccc(-c2ccc(OC(F)(F)F)cc2)s1. The highest BCUT2D eigenvalue weighted by atomic mass is 32.2. The zero-order chi connectivity index (χ0) is 18.2. The first-order valence-electron chi connectivity index (χ1n) is 6.86. The third-order valence-electron chi connectivity index (χ3n) is 2.66. The van der Waals surface area contributed by atoms with Crippen LogP contribution in [0.15, 0.2) is 40.6 Å². The first-order chi connectivity index (χ1) is 10.9. The van der Waals surface area contributed by atoms with Crippen molar-refractivity contribution in [3.05, 3.63) is 36.4 Å². The number of thiophene rings is 1. The second kappa shape index (κ2) is 6.38. The van der Waals surface area contributed by atoms with Gasteiger partial charge in [-0.05, 0) is 62.7 Å². The summed E-state index contributed by atoms with van der Waals surface area (Å²) < 4.78 is 67.4. The Bertz CT molecular complexity index is 804. The van der Waals surface area contributed by atoms with E-state index in [4.69, 9.17) is 0 Å². The molecule has 1 aromatic heterocycles. The number of alkyl halides is 3. The standard InChI is InChI=1S/C15H16F3NO3S2/c1-14(2,3)19-24(20,21)13-9-8-12(23-13)10-4-6-11(7-5-10)22-15(16,17)18/h4-9,19H,1-3H3. The molecule has 2 aromatic rings. The van der Waals surface area contributed by atoms with Crippen molar-refractivity contribution in [2.45, 2.75) is 36.9 Å². The summed E-state index contributed by atoms with van der Waals surface area (Å²) in [6, 6.07) is 8.34. The van der Waals surface area contributed by atoms with Crippen LogP contribution in [0.3, 0.4) is 0 Å². The zero-order valence-electron chi connectivity index (χ0n) is 13.1. The third kappa shape index (κ3) is 5.22. The fourth-order valence-electron chi connectivity index (χ4n) is 1.89. The second-order valence-electron chi connectivity index (χ2n) is 6.05. The van der Waals surface area contributed by atoms with Gasteiger partial charge in [0.2, 0.25) is 0 Å². The third-order valence-corrected chi connectivity index (χ3v) is 6.04. The van der Waals surface area contributed by atoms with Crippen molar-refractivity contribution >= 4 is 21.4 Å². The van der Waals surface area contributed by atoms with Gasteiger partial charge in [0, 0.05) is 10.4 Å². The molecule has 0 unspecified atom stereocenters. The van der Waals surface area contributed by atoms with E-state index < -0.39 is 21.9 Å². The van der Waals surface area contributed by atoms with Crippen LogP contribution in [-0.2, 0) is 10.0 Å². The average Bonchev–Trinajstić information content (AvgIpc) is 2.85. The minimum absolute atomic E-state index is 0.142. The molecule has 0 bridgehead atoms. The number of hydrogen-bond donors (Lipinski definition) is 1. The van der Waals surface area contributed by atoms with E-state index in [9.17, 15) is 21.6 Å². The Hall–Kier alpha value is -1.58. The van der Waals surface area contributed by atoms with Crippen LogP contribution in [0, 0.1) is 0 Å². The number of halogens is 3. The molecule has 1 N–H and O–H groups in total. The summed E-state index contributed by atoms with van der Waals surface area (Å²) in [6.45, 7) is 5.20. The normalized spacial score (nSPS) is 13.1. The van der Waals surface area contributed by atoms with E-state index >= 15 is 0 Å². The Morgan fingerprint density at radius 3 is 2.08 bits per heavy atom. The Balaban J connectivity index is 2.22. The first-order valence-corrected chi connectivity index (χ1v) is 9.16. The fraction of sp³-hybridized carbons (Fsp3) is 0.333. The molecule has 1 aromatic carbocycles. The number of rotatable bonds is 4. The van der Waals surface area contributed by atoms with Gasteiger partial charge >= 0.3 is 6.36 Å². The van der Waals surface area contributed by atoms with Gasteiger partial charge in [-0.2, -0.15) is 0 Å². The Morgan fingerprint density at radius 2 is 1.58 bits per heavy atom. The summed E-state index contributed by atoms with van der Waals surface area (Å²) >= 11 is 1.04. The summed E-state index contributed by atoms with van der Waals surface area (Å²) in [7, 11) is -3.64. The lowest BCUT2D eigenvalue weighted by Gasteiger charge is -2.19. The molecule has 0 aliphatic rings. The number of ether oxygens (including phenoxy) is 1. The van der Waals surface area contributed by atoms with Gasteiger partial charge in [0.1, 0.15) is 9.96 Å². The van der Waals surface area contributed by atoms with E-state index in [2.05, 4.69) is 9.46 Å². The molecular weight excluding hydrogens is 363 g/mol. The van der Waals surface area contributed by atoms with Crippen molar-refractivity contribution in [1.82, 2.24) is 4.72 Å². The van der Waals surface area contributed by atoms with Gasteiger partial charge in [-0.25, -0.2) is 13.1 Å². The highest BCUT2D eigenvalue weighted by Gasteiger charge is 2.31. The lowest BCUT2D eigenvalue weighted by Crippen LogP contribution is -2.40. The Kier molecular flexibility index (Phi) is 4.98. The molecule has 4 nitrogen and oxygen atoms in total. The van der Waals surface area contributed by atoms with Crippen molar-refractivity contribution in [1.29, 1.82) is 0 Å². The van der Waals surface area contributed by atoms with Gasteiger partial charge in [-0.15, -0.1) is 24.5 Å². The molecule has 2 rings (SSSR count). The molecule has 0 atom stereocenters. The van der Waals surface area contributed by atoms with Gasteiger partial charge in [-0.1, -0.05) is 0 Å². The molecule has 9 heteroatoms. The maximum atomic E-state index is 12.3. The van der Waals surface area contributed by atoms with E-state index in [1.165, 1.54) is 30.3 Å². The van der Waals surface area contributed by atoms with Crippen LogP contribution < -0.4 is 9.46 Å². The van der Waals surface area contributed by atoms with Crippen molar-refractivity contribution in [2.24, 2.45) is 0 Å². The van der Waals surface area contributed by atoms with Crippen LogP contribution >= 0.6 is 11.3 Å². The number of nitrogens with one attached hydrogen (secondary N) is 1. The predicted octanol–water partition coefficient (Wildman–Crippen LogP) is 4.39. The second-order valence-corrected chi connectivity index (χ2v) is 9.04. The van der Waals surface area contributed by atoms with Crippen LogP contribution in [0.2, 0.25) is 0 Å². The van der Waals surface area contributed by atoms with Gasteiger partial charge < -0.3 is 4.74 Å². The van der Waals surface area contributed by atoms with Crippen LogP contribution in [0.4, 0.5) is 13.2 Å². The van der Waals surface area contributed by atoms with Gasteiger partial charge in [0.05, 0.1) is 0 Å². The van der Waals surface area contributed by atoms with Crippen LogP contribution in [-0.4, -0.2) is 20.3 Å². The minimum Gasteiger partial charge on any atom is -0.406 e. The molecule has 0 spiro atoms. The highest BCUT2D eigenvalue weighted by Crippen LogP contribution is 2.33. The van der Waals surface area contributed by atoms with E-state index in [-0.39, 0.29) is 9.96 Å². The quantitative estimate of drug-likeness (QED) is 0.857. The van der Waals surface area contributed by atoms with Gasteiger partial charge in [0.15, 0.2) is 0 Å². The molecule has 0 fully saturated rings. The lowest BCUT2D eigenvalue weighted by atomic mass is 10.1. The Morgan fingerprint density at radius 1 is 1.00 bits per heavy atom. The highest BCUT2D eigenvalue weighted by molar-refractivity contribution is 7.91. The molecule has 0 saturated carbocycles. The smallest absolute Gasteiger partial charge is 0.406 e. The monoisotopic (exact) mass is 379 g/mol.